The fraction of sp³-hybridized carbons (Fsp3) is 0.429. The molecule has 114 valence electrons. The SMILES string of the molecule is CC(C)(C)NC(=O)CCn1c(N)nc2ccc(F)c(F)c21. The van der Waals surface area contributed by atoms with Crippen LogP contribution in [0.5, 0.6) is 0 Å². The minimum absolute atomic E-state index is 0.0175. The molecular formula is C14H18F2N4O. The number of imidazole rings is 1. The molecule has 1 amide bonds. The van der Waals surface area contributed by atoms with Gasteiger partial charge in [0.05, 0.1) is 5.52 Å². The number of anilines is 1. The van der Waals surface area contributed by atoms with Crippen LogP contribution >= 0.6 is 0 Å². The van der Waals surface area contributed by atoms with E-state index in [4.69, 9.17) is 5.73 Å². The normalized spacial score (nSPS) is 11.9. The summed E-state index contributed by atoms with van der Waals surface area (Å²) in [5.41, 5.74) is 5.62. The smallest absolute Gasteiger partial charge is 0.222 e. The number of aromatic nitrogens is 2. The van der Waals surface area contributed by atoms with Gasteiger partial charge < -0.3 is 15.6 Å². The maximum absolute atomic E-state index is 13.9. The first-order valence-corrected chi connectivity index (χ1v) is 6.60. The highest BCUT2D eigenvalue weighted by atomic mass is 19.2. The molecule has 0 saturated carbocycles. The van der Waals surface area contributed by atoms with Crippen molar-refractivity contribution in [2.75, 3.05) is 5.73 Å². The van der Waals surface area contributed by atoms with E-state index >= 15 is 0 Å². The van der Waals surface area contributed by atoms with Crippen molar-refractivity contribution in [2.45, 2.75) is 39.3 Å². The molecule has 0 radical (unpaired) electrons. The van der Waals surface area contributed by atoms with Crippen LogP contribution in [0, 0.1) is 11.6 Å². The molecule has 0 aliphatic heterocycles. The summed E-state index contributed by atoms with van der Waals surface area (Å²) in [5.74, 6) is -2.12. The number of carbonyl (C=O) groups excluding carboxylic acids is 1. The van der Waals surface area contributed by atoms with E-state index in [9.17, 15) is 13.6 Å². The number of halogens is 2. The first-order valence-electron chi connectivity index (χ1n) is 6.60. The Hall–Kier alpha value is -2.18. The highest BCUT2D eigenvalue weighted by Gasteiger charge is 2.18. The molecule has 0 aliphatic carbocycles. The van der Waals surface area contributed by atoms with E-state index in [1.54, 1.807) is 0 Å². The third-order valence-electron chi connectivity index (χ3n) is 2.91. The van der Waals surface area contributed by atoms with E-state index in [0.29, 0.717) is 0 Å². The number of carbonyl (C=O) groups is 1. The van der Waals surface area contributed by atoms with Crippen molar-refractivity contribution >= 4 is 22.9 Å². The number of benzene rings is 1. The highest BCUT2D eigenvalue weighted by molar-refractivity contribution is 5.80. The third-order valence-corrected chi connectivity index (χ3v) is 2.91. The largest absolute Gasteiger partial charge is 0.369 e. The Morgan fingerprint density at radius 3 is 2.67 bits per heavy atom. The van der Waals surface area contributed by atoms with Gasteiger partial charge in [0.25, 0.3) is 0 Å². The van der Waals surface area contributed by atoms with Crippen molar-refractivity contribution in [3.8, 4) is 0 Å². The van der Waals surface area contributed by atoms with Crippen molar-refractivity contribution in [3.63, 3.8) is 0 Å². The van der Waals surface area contributed by atoms with Gasteiger partial charge in [0.15, 0.2) is 11.6 Å². The molecule has 1 heterocycles. The van der Waals surface area contributed by atoms with Gasteiger partial charge in [-0.05, 0) is 32.9 Å². The molecule has 0 saturated heterocycles. The molecule has 7 heteroatoms. The van der Waals surface area contributed by atoms with Crippen LogP contribution in [0.1, 0.15) is 27.2 Å². The highest BCUT2D eigenvalue weighted by Crippen LogP contribution is 2.23. The summed E-state index contributed by atoms with van der Waals surface area (Å²) in [4.78, 5) is 15.8. The number of rotatable bonds is 3. The van der Waals surface area contributed by atoms with Crippen molar-refractivity contribution in [1.82, 2.24) is 14.9 Å². The van der Waals surface area contributed by atoms with Crippen LogP contribution in [0.4, 0.5) is 14.7 Å². The number of hydrogen-bond acceptors (Lipinski definition) is 3. The van der Waals surface area contributed by atoms with Crippen LogP contribution in [0.2, 0.25) is 0 Å². The van der Waals surface area contributed by atoms with Crippen molar-refractivity contribution < 1.29 is 13.6 Å². The zero-order valence-corrected chi connectivity index (χ0v) is 12.2. The van der Waals surface area contributed by atoms with Crippen LogP contribution in [0.15, 0.2) is 12.1 Å². The predicted molar refractivity (Wildman–Crippen MR) is 76.6 cm³/mol. The standard InChI is InChI=1S/C14H18F2N4O/c1-14(2,3)19-10(21)6-7-20-12-9(18-13(20)17)5-4-8(15)11(12)16/h4-5H,6-7H2,1-3H3,(H2,17,18)(H,19,21). The van der Waals surface area contributed by atoms with Crippen LogP contribution < -0.4 is 11.1 Å². The van der Waals surface area contributed by atoms with E-state index < -0.39 is 11.6 Å². The Morgan fingerprint density at radius 2 is 2.05 bits per heavy atom. The first kappa shape index (κ1) is 15.2. The maximum Gasteiger partial charge on any atom is 0.222 e. The van der Waals surface area contributed by atoms with Gasteiger partial charge in [-0.2, -0.15) is 0 Å². The minimum atomic E-state index is -1.01. The second-order valence-corrected chi connectivity index (χ2v) is 5.90. The third kappa shape index (κ3) is 3.29. The molecule has 5 nitrogen and oxygen atoms in total. The van der Waals surface area contributed by atoms with Crippen LogP contribution in [-0.4, -0.2) is 21.0 Å². The van der Waals surface area contributed by atoms with Gasteiger partial charge in [0.1, 0.15) is 5.52 Å². The van der Waals surface area contributed by atoms with E-state index in [2.05, 4.69) is 10.3 Å². The second-order valence-electron chi connectivity index (χ2n) is 5.90. The van der Waals surface area contributed by atoms with Gasteiger partial charge in [-0.25, -0.2) is 13.8 Å². The van der Waals surface area contributed by atoms with E-state index in [1.165, 1.54) is 10.6 Å². The van der Waals surface area contributed by atoms with Crippen molar-refractivity contribution in [1.29, 1.82) is 0 Å². The number of fused-ring (bicyclic) bond motifs is 1. The number of aryl methyl sites for hydroxylation is 1. The Kier molecular flexibility index (Phi) is 3.85. The fourth-order valence-electron chi connectivity index (χ4n) is 2.10. The summed E-state index contributed by atoms with van der Waals surface area (Å²) in [7, 11) is 0. The molecule has 0 unspecified atom stereocenters. The Bertz CT molecular complexity index is 688. The summed E-state index contributed by atoms with van der Waals surface area (Å²) in [6.07, 6.45) is 0.100. The van der Waals surface area contributed by atoms with Crippen molar-refractivity contribution in [2.24, 2.45) is 0 Å². The van der Waals surface area contributed by atoms with Crippen molar-refractivity contribution in [3.05, 3.63) is 23.8 Å². The zero-order valence-electron chi connectivity index (χ0n) is 12.2. The Morgan fingerprint density at radius 1 is 1.38 bits per heavy atom. The van der Waals surface area contributed by atoms with Crippen LogP contribution in [0.25, 0.3) is 11.0 Å². The number of amides is 1. The van der Waals surface area contributed by atoms with E-state index in [0.717, 1.165) is 6.07 Å². The van der Waals surface area contributed by atoms with Crippen LogP contribution in [-0.2, 0) is 11.3 Å². The number of nitrogen functional groups attached to an aromatic ring is 1. The molecule has 0 fully saturated rings. The molecule has 3 N–H and O–H groups in total. The summed E-state index contributed by atoms with van der Waals surface area (Å²) in [6.45, 7) is 5.72. The summed E-state index contributed by atoms with van der Waals surface area (Å²) in [6, 6.07) is 2.36. The van der Waals surface area contributed by atoms with Gasteiger partial charge in [-0.1, -0.05) is 0 Å². The first-order chi connectivity index (χ1) is 9.69. The maximum atomic E-state index is 13.9. The lowest BCUT2D eigenvalue weighted by Gasteiger charge is -2.20. The molecule has 2 rings (SSSR count). The molecule has 21 heavy (non-hydrogen) atoms. The summed E-state index contributed by atoms with van der Waals surface area (Å²) >= 11 is 0. The van der Waals surface area contributed by atoms with Gasteiger partial charge in [0, 0.05) is 18.5 Å². The molecule has 0 bridgehead atoms. The lowest BCUT2D eigenvalue weighted by atomic mass is 10.1. The second kappa shape index (κ2) is 5.31. The molecular weight excluding hydrogens is 278 g/mol. The van der Waals surface area contributed by atoms with Gasteiger partial charge in [-0.15, -0.1) is 0 Å². The summed E-state index contributed by atoms with van der Waals surface area (Å²) in [5, 5.41) is 2.79. The van der Waals surface area contributed by atoms with E-state index in [-0.39, 0.29) is 41.4 Å². The predicted octanol–water partition coefficient (Wildman–Crippen LogP) is 2.20. The Balaban J connectivity index is 2.25. The number of nitrogens with two attached hydrogens (primary N) is 1. The average Bonchev–Trinajstić information content (AvgIpc) is 2.66. The van der Waals surface area contributed by atoms with Crippen LogP contribution in [0.3, 0.4) is 0 Å². The lowest BCUT2D eigenvalue weighted by molar-refractivity contribution is -0.122. The topological polar surface area (TPSA) is 72.9 Å². The number of nitrogens with one attached hydrogen (secondary N) is 1. The monoisotopic (exact) mass is 296 g/mol. The molecule has 0 atom stereocenters. The zero-order chi connectivity index (χ0) is 15.8. The quantitative estimate of drug-likeness (QED) is 0.912. The average molecular weight is 296 g/mol. The molecule has 0 spiro atoms. The molecule has 2 aromatic rings. The van der Waals surface area contributed by atoms with E-state index in [1.807, 2.05) is 20.8 Å². The van der Waals surface area contributed by atoms with Gasteiger partial charge in [0.2, 0.25) is 11.9 Å². The summed E-state index contributed by atoms with van der Waals surface area (Å²) < 4.78 is 28.5. The molecule has 1 aromatic carbocycles. The van der Waals surface area contributed by atoms with Gasteiger partial charge >= 0.3 is 0 Å². The van der Waals surface area contributed by atoms with Gasteiger partial charge in [-0.3, -0.25) is 4.79 Å². The molecule has 1 aromatic heterocycles. The number of nitrogens with zero attached hydrogens (tertiary/aromatic N) is 2. The fourth-order valence-corrected chi connectivity index (χ4v) is 2.10. The lowest BCUT2D eigenvalue weighted by Crippen LogP contribution is -2.40. The Labute approximate surface area is 121 Å². The minimum Gasteiger partial charge on any atom is -0.369 e. The number of hydrogen-bond donors (Lipinski definition) is 2. The molecule has 0 aliphatic rings.